The Balaban J connectivity index is 1.94. The van der Waals surface area contributed by atoms with Gasteiger partial charge < -0.3 is 24.8 Å². The molecule has 1 heterocycles. The summed E-state index contributed by atoms with van der Waals surface area (Å²) in [4.78, 5) is 38.2. The SMILES string of the molecule is Cc1cc(O)cc(O)c1C(=O)O[C@]1(C)C(=O)C=C2C=C(C=CCO)OC=C2C1=O. The average Bonchev–Trinajstić information content (AvgIpc) is 2.64. The Bertz CT molecular complexity index is 1020. The number of aliphatic hydroxyl groups excluding tert-OH is 1. The van der Waals surface area contributed by atoms with E-state index in [2.05, 4.69) is 0 Å². The van der Waals surface area contributed by atoms with Gasteiger partial charge in [0, 0.05) is 6.07 Å². The van der Waals surface area contributed by atoms with Gasteiger partial charge in [0.05, 0.1) is 12.2 Å². The van der Waals surface area contributed by atoms with Crippen molar-refractivity contribution in [3.05, 3.63) is 70.7 Å². The van der Waals surface area contributed by atoms with E-state index >= 15 is 0 Å². The van der Waals surface area contributed by atoms with Crippen molar-refractivity contribution in [3.63, 3.8) is 0 Å². The topological polar surface area (TPSA) is 130 Å². The summed E-state index contributed by atoms with van der Waals surface area (Å²) in [6, 6.07) is 2.20. The lowest BCUT2D eigenvalue weighted by Gasteiger charge is -2.31. The molecule has 0 amide bonds. The van der Waals surface area contributed by atoms with E-state index in [0.717, 1.165) is 12.3 Å². The van der Waals surface area contributed by atoms with Gasteiger partial charge in [-0.15, -0.1) is 0 Å². The van der Waals surface area contributed by atoms with E-state index in [1.165, 1.54) is 44.2 Å². The Morgan fingerprint density at radius 3 is 2.62 bits per heavy atom. The number of aromatic hydroxyl groups is 2. The fourth-order valence-corrected chi connectivity index (χ4v) is 3.02. The molecule has 0 saturated carbocycles. The number of ketones is 2. The first-order valence-corrected chi connectivity index (χ1v) is 8.60. The summed E-state index contributed by atoms with van der Waals surface area (Å²) in [6.07, 6.45) is 6.67. The molecule has 0 fully saturated rings. The minimum Gasteiger partial charge on any atom is -0.508 e. The molecule has 1 aliphatic carbocycles. The zero-order valence-electron chi connectivity index (χ0n) is 15.6. The average molecular weight is 398 g/mol. The third kappa shape index (κ3) is 3.57. The second kappa shape index (κ2) is 7.40. The predicted octanol–water partition coefficient (Wildman–Crippen LogP) is 1.75. The lowest BCUT2D eigenvalue weighted by Crippen LogP contribution is -2.50. The minimum atomic E-state index is -2.14. The van der Waals surface area contributed by atoms with Gasteiger partial charge in [0.1, 0.15) is 29.1 Å². The summed E-state index contributed by atoms with van der Waals surface area (Å²) in [6.45, 7) is 2.43. The molecule has 0 unspecified atom stereocenters. The summed E-state index contributed by atoms with van der Waals surface area (Å²) in [5, 5.41) is 28.3. The number of benzene rings is 1. The molecular weight excluding hydrogens is 380 g/mol. The van der Waals surface area contributed by atoms with E-state index in [9.17, 15) is 24.6 Å². The number of ether oxygens (including phenoxy) is 2. The number of rotatable bonds is 4. The molecule has 0 spiro atoms. The Morgan fingerprint density at radius 1 is 1.24 bits per heavy atom. The molecule has 0 bridgehead atoms. The Hall–Kier alpha value is -3.65. The molecule has 0 radical (unpaired) electrons. The van der Waals surface area contributed by atoms with E-state index in [1.54, 1.807) is 0 Å². The summed E-state index contributed by atoms with van der Waals surface area (Å²) in [5.74, 6) is -3.07. The van der Waals surface area contributed by atoms with Gasteiger partial charge in [-0.25, -0.2) is 4.79 Å². The van der Waals surface area contributed by atoms with Crippen LogP contribution in [0.5, 0.6) is 11.5 Å². The number of Topliss-reactive ketones (excluding diaryl/α,β-unsaturated/α-hetero) is 1. The number of hydrogen-bond acceptors (Lipinski definition) is 8. The first-order chi connectivity index (χ1) is 13.7. The molecule has 0 aromatic heterocycles. The third-order valence-corrected chi connectivity index (χ3v) is 4.54. The Kier molecular flexibility index (Phi) is 5.13. The molecule has 150 valence electrons. The highest BCUT2D eigenvalue weighted by Crippen LogP contribution is 2.35. The standard InChI is InChI=1S/C21H18O8/c1-11-6-13(23)9-16(24)18(11)20(27)29-21(2)17(25)8-12-7-14(4-3-5-22)28-10-15(12)19(21)26/h3-4,6-10,22-24H,5H2,1-2H3/t21-/m1/s1. The maximum absolute atomic E-state index is 12.9. The maximum atomic E-state index is 12.9. The fraction of sp³-hybridized carbons (Fsp3) is 0.190. The van der Waals surface area contributed by atoms with Gasteiger partial charge in [0.25, 0.3) is 0 Å². The van der Waals surface area contributed by atoms with E-state index in [1.807, 2.05) is 0 Å². The number of aryl methyl sites for hydroxylation is 1. The number of phenols is 2. The van der Waals surface area contributed by atoms with Crippen molar-refractivity contribution in [2.45, 2.75) is 19.4 Å². The molecular formula is C21H18O8. The van der Waals surface area contributed by atoms with Gasteiger partial charge in [0.2, 0.25) is 17.2 Å². The largest absolute Gasteiger partial charge is 0.508 e. The summed E-state index contributed by atoms with van der Waals surface area (Å²) >= 11 is 0. The first kappa shape index (κ1) is 20.1. The smallest absolute Gasteiger partial charge is 0.343 e. The van der Waals surface area contributed by atoms with Gasteiger partial charge >= 0.3 is 5.97 Å². The van der Waals surface area contributed by atoms with Gasteiger partial charge in [-0.05, 0) is 49.3 Å². The molecule has 1 aliphatic heterocycles. The van der Waals surface area contributed by atoms with Gasteiger partial charge in [0.15, 0.2) is 0 Å². The van der Waals surface area contributed by atoms with E-state index in [0.29, 0.717) is 11.3 Å². The molecule has 2 aliphatic rings. The van der Waals surface area contributed by atoms with Crippen LogP contribution in [0.15, 0.2) is 59.6 Å². The highest BCUT2D eigenvalue weighted by atomic mass is 16.6. The van der Waals surface area contributed by atoms with Crippen LogP contribution in [0.3, 0.4) is 0 Å². The monoisotopic (exact) mass is 398 g/mol. The van der Waals surface area contributed by atoms with Crippen molar-refractivity contribution in [1.29, 1.82) is 0 Å². The number of fused-ring (bicyclic) bond motifs is 1. The molecule has 1 atom stereocenters. The van der Waals surface area contributed by atoms with E-state index in [4.69, 9.17) is 14.6 Å². The van der Waals surface area contributed by atoms with Crippen LogP contribution in [0.1, 0.15) is 22.8 Å². The molecule has 1 aromatic rings. The first-order valence-electron chi connectivity index (χ1n) is 8.60. The summed E-state index contributed by atoms with van der Waals surface area (Å²) < 4.78 is 10.6. The number of hydrogen-bond donors (Lipinski definition) is 3. The molecule has 8 heteroatoms. The molecule has 8 nitrogen and oxygen atoms in total. The summed E-state index contributed by atoms with van der Waals surface area (Å²) in [7, 11) is 0. The second-order valence-electron chi connectivity index (χ2n) is 6.65. The van der Waals surface area contributed by atoms with Crippen molar-refractivity contribution in [3.8, 4) is 11.5 Å². The van der Waals surface area contributed by atoms with Crippen molar-refractivity contribution in [1.82, 2.24) is 0 Å². The van der Waals surface area contributed by atoms with Crippen LogP contribution in [0.2, 0.25) is 0 Å². The summed E-state index contributed by atoms with van der Waals surface area (Å²) in [5.41, 5.74) is -1.84. The van der Waals surface area contributed by atoms with Crippen LogP contribution in [-0.4, -0.2) is 45.1 Å². The highest BCUT2D eigenvalue weighted by Gasteiger charge is 2.49. The minimum absolute atomic E-state index is 0.0488. The van der Waals surface area contributed by atoms with Crippen molar-refractivity contribution >= 4 is 17.5 Å². The molecule has 3 rings (SSSR count). The van der Waals surface area contributed by atoms with Crippen molar-refractivity contribution < 1.29 is 39.2 Å². The lowest BCUT2D eigenvalue weighted by atomic mass is 9.80. The number of carbonyl (C=O) groups is 3. The van der Waals surface area contributed by atoms with Crippen molar-refractivity contribution in [2.75, 3.05) is 6.61 Å². The third-order valence-electron chi connectivity index (χ3n) is 4.54. The zero-order chi connectivity index (χ0) is 21.3. The van der Waals surface area contributed by atoms with Crippen LogP contribution >= 0.6 is 0 Å². The number of esters is 1. The van der Waals surface area contributed by atoms with E-state index < -0.39 is 28.9 Å². The van der Waals surface area contributed by atoms with Crippen LogP contribution in [0.4, 0.5) is 0 Å². The second-order valence-corrected chi connectivity index (χ2v) is 6.65. The molecule has 1 aromatic carbocycles. The molecule has 29 heavy (non-hydrogen) atoms. The van der Waals surface area contributed by atoms with Crippen molar-refractivity contribution in [2.24, 2.45) is 0 Å². The van der Waals surface area contributed by atoms with Gasteiger partial charge in [-0.2, -0.15) is 0 Å². The number of phenolic OH excluding ortho intramolecular Hbond substituents is 2. The fourth-order valence-electron chi connectivity index (χ4n) is 3.02. The quantitative estimate of drug-likeness (QED) is 0.517. The number of carbonyl (C=O) groups excluding carboxylic acids is 3. The van der Waals surface area contributed by atoms with Crippen LogP contribution in [0, 0.1) is 6.92 Å². The number of aliphatic hydroxyl groups is 1. The normalized spacial score (nSPS) is 21.1. The molecule has 3 N–H and O–H groups in total. The predicted molar refractivity (Wildman–Crippen MR) is 99.9 cm³/mol. The van der Waals surface area contributed by atoms with Crippen LogP contribution in [-0.2, 0) is 19.1 Å². The Morgan fingerprint density at radius 2 is 1.97 bits per heavy atom. The van der Waals surface area contributed by atoms with Gasteiger partial charge in [-0.1, -0.05) is 6.08 Å². The van der Waals surface area contributed by atoms with Crippen LogP contribution in [0.25, 0.3) is 0 Å². The number of allylic oxidation sites excluding steroid dienone is 3. The highest BCUT2D eigenvalue weighted by molar-refractivity contribution is 6.26. The van der Waals surface area contributed by atoms with E-state index in [-0.39, 0.29) is 29.1 Å². The lowest BCUT2D eigenvalue weighted by molar-refractivity contribution is -0.145. The molecule has 0 saturated heterocycles. The van der Waals surface area contributed by atoms with Crippen LogP contribution < -0.4 is 0 Å². The van der Waals surface area contributed by atoms with Gasteiger partial charge in [-0.3, -0.25) is 9.59 Å². The zero-order valence-corrected chi connectivity index (χ0v) is 15.6. The Labute approximate surface area is 165 Å². The maximum Gasteiger partial charge on any atom is 0.343 e.